The Bertz CT molecular complexity index is 1550. The van der Waals surface area contributed by atoms with Gasteiger partial charge in [0, 0.05) is 0 Å². The average Bonchev–Trinajstić information content (AvgIpc) is 3.35. The van der Waals surface area contributed by atoms with Crippen molar-refractivity contribution in [1.29, 1.82) is 0 Å². The summed E-state index contributed by atoms with van der Waals surface area (Å²) in [4.78, 5) is 69.3. The summed E-state index contributed by atoms with van der Waals surface area (Å²) in [5.74, 6) is -3.82. The Morgan fingerprint density at radius 2 is 1.21 bits per heavy atom. The molecule has 220 valence electrons. The van der Waals surface area contributed by atoms with E-state index in [4.69, 9.17) is 30.4 Å². The van der Waals surface area contributed by atoms with Crippen molar-refractivity contribution in [2.24, 2.45) is 16.5 Å². The molecule has 3 amide bonds. The zero-order valence-electron chi connectivity index (χ0n) is 22.5. The van der Waals surface area contributed by atoms with E-state index in [1.54, 1.807) is 54.6 Å². The highest BCUT2D eigenvalue weighted by molar-refractivity contribution is 6.18. The molecule has 3 aromatic rings. The molecule has 13 nitrogen and oxygen atoms in total. The number of amidine groups is 1. The summed E-state index contributed by atoms with van der Waals surface area (Å²) in [6, 6.07) is 21.2. The molecular formula is C30H26N4O9. The van der Waals surface area contributed by atoms with Crippen LogP contribution in [0, 0.1) is 0 Å². The Morgan fingerprint density at radius 3 is 1.72 bits per heavy atom. The summed E-state index contributed by atoms with van der Waals surface area (Å²) in [7, 11) is 0. The Balaban J connectivity index is 1.50. The fourth-order valence-electron chi connectivity index (χ4n) is 4.50. The number of carbonyl (C=O) groups is 5. The molecule has 2 aliphatic heterocycles. The van der Waals surface area contributed by atoms with Crippen molar-refractivity contribution in [1.82, 2.24) is 4.90 Å². The van der Waals surface area contributed by atoms with Crippen LogP contribution in [0.1, 0.15) is 31.1 Å². The summed E-state index contributed by atoms with van der Waals surface area (Å²) in [5, 5.41) is 0. The minimum Gasteiger partial charge on any atom is -0.459 e. The minimum absolute atomic E-state index is 0.128. The number of hydrogen-bond acceptors (Lipinski definition) is 11. The fourth-order valence-corrected chi connectivity index (χ4v) is 4.50. The van der Waals surface area contributed by atoms with Crippen molar-refractivity contribution in [3.05, 3.63) is 108 Å². The Hall–Kier alpha value is -5.40. The van der Waals surface area contributed by atoms with E-state index >= 15 is 0 Å². The van der Waals surface area contributed by atoms with Gasteiger partial charge in [0.2, 0.25) is 0 Å². The monoisotopic (exact) mass is 586 g/mol. The number of carbonyl (C=O) groups excluding carboxylic acids is 5. The lowest BCUT2D eigenvalue weighted by Crippen LogP contribution is -2.61. The SMILES string of the molecule is NC1=NC(=O)N([C@@H]2O[C@H](COC(=O)c3ccccc3)[C@@H](OC(=O)c3ccccc3)[C@H]2OC(=O)c2ccccc2)C(=O)C1N. The average molecular weight is 587 g/mol. The van der Waals surface area contributed by atoms with E-state index in [1.807, 2.05) is 0 Å². The molecule has 5 atom stereocenters. The minimum atomic E-state index is -1.68. The van der Waals surface area contributed by atoms with Gasteiger partial charge in [-0.2, -0.15) is 4.99 Å². The van der Waals surface area contributed by atoms with E-state index < -0.39 is 72.9 Å². The van der Waals surface area contributed by atoms with Crippen molar-refractivity contribution in [2.75, 3.05) is 6.61 Å². The van der Waals surface area contributed by atoms with Crippen LogP contribution in [0.15, 0.2) is 96.0 Å². The molecule has 13 heteroatoms. The number of urea groups is 1. The van der Waals surface area contributed by atoms with Gasteiger partial charge < -0.3 is 30.4 Å². The number of hydrogen-bond donors (Lipinski definition) is 2. The smallest absolute Gasteiger partial charge is 0.354 e. The molecule has 0 bridgehead atoms. The lowest BCUT2D eigenvalue weighted by Gasteiger charge is -2.33. The predicted molar refractivity (Wildman–Crippen MR) is 149 cm³/mol. The number of rotatable bonds is 8. The van der Waals surface area contributed by atoms with E-state index in [1.165, 1.54) is 36.4 Å². The molecule has 1 fully saturated rings. The number of nitrogens with zero attached hydrogens (tertiary/aromatic N) is 2. The van der Waals surface area contributed by atoms with Crippen LogP contribution in [-0.2, 0) is 23.7 Å². The van der Waals surface area contributed by atoms with Crippen molar-refractivity contribution in [2.45, 2.75) is 30.6 Å². The predicted octanol–water partition coefficient (Wildman–Crippen LogP) is 1.67. The van der Waals surface area contributed by atoms with Gasteiger partial charge in [0.25, 0.3) is 5.91 Å². The number of ether oxygens (including phenoxy) is 4. The quantitative estimate of drug-likeness (QED) is 0.288. The first-order valence-electron chi connectivity index (χ1n) is 13.1. The number of esters is 3. The highest BCUT2D eigenvalue weighted by Gasteiger charge is 2.56. The molecule has 43 heavy (non-hydrogen) atoms. The molecule has 0 radical (unpaired) electrons. The van der Waals surface area contributed by atoms with E-state index in [0.717, 1.165) is 0 Å². The largest absolute Gasteiger partial charge is 0.459 e. The van der Waals surface area contributed by atoms with Crippen LogP contribution >= 0.6 is 0 Å². The molecule has 1 unspecified atom stereocenters. The lowest BCUT2D eigenvalue weighted by atomic mass is 10.1. The van der Waals surface area contributed by atoms with Gasteiger partial charge in [0.1, 0.15) is 24.6 Å². The molecular weight excluding hydrogens is 560 g/mol. The Kier molecular flexibility index (Phi) is 8.55. The van der Waals surface area contributed by atoms with Crippen LogP contribution in [0.2, 0.25) is 0 Å². The fraction of sp³-hybridized carbons (Fsp3) is 0.200. The summed E-state index contributed by atoms with van der Waals surface area (Å²) < 4.78 is 22.9. The number of nitrogens with two attached hydrogens (primary N) is 2. The molecule has 2 aliphatic rings. The molecule has 4 N–H and O–H groups in total. The van der Waals surface area contributed by atoms with E-state index in [0.29, 0.717) is 4.90 Å². The first-order valence-corrected chi connectivity index (χ1v) is 13.1. The van der Waals surface area contributed by atoms with Gasteiger partial charge in [0.15, 0.2) is 18.4 Å². The van der Waals surface area contributed by atoms with Gasteiger partial charge in [-0.25, -0.2) is 24.1 Å². The van der Waals surface area contributed by atoms with Gasteiger partial charge >= 0.3 is 23.9 Å². The summed E-state index contributed by atoms with van der Waals surface area (Å²) in [6.45, 7) is -0.510. The number of aliphatic imine (C=N–C) groups is 1. The van der Waals surface area contributed by atoms with Crippen molar-refractivity contribution in [3.63, 3.8) is 0 Å². The summed E-state index contributed by atoms with van der Waals surface area (Å²) in [5.41, 5.74) is 12.0. The number of imide groups is 1. The number of benzene rings is 3. The highest BCUT2D eigenvalue weighted by atomic mass is 16.7. The van der Waals surface area contributed by atoms with Crippen LogP contribution < -0.4 is 11.5 Å². The Labute approximate surface area is 245 Å². The van der Waals surface area contributed by atoms with Gasteiger partial charge in [-0.3, -0.25) is 4.79 Å². The maximum absolute atomic E-state index is 13.2. The number of amides is 3. The molecule has 3 aromatic carbocycles. The Morgan fingerprint density at radius 1 is 0.744 bits per heavy atom. The summed E-state index contributed by atoms with van der Waals surface area (Å²) in [6.07, 6.45) is -6.03. The van der Waals surface area contributed by atoms with E-state index in [-0.39, 0.29) is 16.7 Å². The molecule has 0 aromatic heterocycles. The topological polar surface area (TPSA) is 190 Å². The van der Waals surface area contributed by atoms with Crippen molar-refractivity contribution in [3.8, 4) is 0 Å². The van der Waals surface area contributed by atoms with Crippen LogP contribution in [0.3, 0.4) is 0 Å². The van der Waals surface area contributed by atoms with Crippen LogP contribution in [-0.4, -0.2) is 77.8 Å². The van der Waals surface area contributed by atoms with E-state index in [9.17, 15) is 24.0 Å². The first-order chi connectivity index (χ1) is 20.7. The standard InChI is InChI=1S/C30H26N4O9/c31-21-24(32)33-30(39)34(25(21)35)26-23(43-29(38)19-14-8-3-9-15-19)22(42-28(37)18-12-6-2-7-13-18)20(41-26)16-40-27(36)17-10-4-1-5-11-17/h1-15,20-23,26H,16,31H2,(H2,32,33,39)/t20-,21?,22-,23-,26-/m1/s1. The van der Waals surface area contributed by atoms with E-state index in [2.05, 4.69) is 4.99 Å². The second-order valence-corrected chi connectivity index (χ2v) is 9.51. The second-order valence-electron chi connectivity index (χ2n) is 9.51. The molecule has 0 spiro atoms. The third kappa shape index (κ3) is 6.27. The van der Waals surface area contributed by atoms with Crippen molar-refractivity contribution >= 4 is 35.7 Å². The third-order valence-corrected chi connectivity index (χ3v) is 6.69. The summed E-state index contributed by atoms with van der Waals surface area (Å²) >= 11 is 0. The van der Waals surface area contributed by atoms with Crippen LogP contribution in [0.5, 0.6) is 0 Å². The molecule has 2 heterocycles. The van der Waals surface area contributed by atoms with Crippen LogP contribution in [0.4, 0.5) is 4.79 Å². The van der Waals surface area contributed by atoms with Gasteiger partial charge in [0.05, 0.1) is 16.7 Å². The highest BCUT2D eigenvalue weighted by Crippen LogP contribution is 2.32. The third-order valence-electron chi connectivity index (χ3n) is 6.69. The van der Waals surface area contributed by atoms with Crippen molar-refractivity contribution < 1.29 is 42.9 Å². The van der Waals surface area contributed by atoms with Gasteiger partial charge in [-0.1, -0.05) is 54.6 Å². The zero-order valence-corrected chi connectivity index (χ0v) is 22.5. The zero-order chi connectivity index (χ0) is 30.5. The second kappa shape index (κ2) is 12.6. The van der Waals surface area contributed by atoms with Gasteiger partial charge in [-0.15, -0.1) is 0 Å². The molecule has 0 saturated carbocycles. The van der Waals surface area contributed by atoms with Gasteiger partial charge in [-0.05, 0) is 36.4 Å². The maximum atomic E-state index is 13.2. The normalized spacial score (nSPS) is 23.3. The van der Waals surface area contributed by atoms with Crippen LogP contribution in [0.25, 0.3) is 0 Å². The maximum Gasteiger partial charge on any atom is 0.354 e. The first kappa shape index (κ1) is 29.1. The lowest BCUT2D eigenvalue weighted by molar-refractivity contribution is -0.145. The molecule has 1 saturated heterocycles. The molecule has 5 rings (SSSR count). The molecule has 0 aliphatic carbocycles.